The molecule has 0 radical (unpaired) electrons. The fourth-order valence-corrected chi connectivity index (χ4v) is 2.72. The minimum absolute atomic E-state index is 0.0263. The zero-order valence-corrected chi connectivity index (χ0v) is 13.3. The van der Waals surface area contributed by atoms with Gasteiger partial charge in [-0.3, -0.25) is 0 Å². The molecule has 0 bridgehead atoms. The third-order valence-corrected chi connectivity index (χ3v) is 4.12. The molecule has 0 amide bonds. The van der Waals surface area contributed by atoms with Crippen LogP contribution in [0.1, 0.15) is 16.0 Å². The van der Waals surface area contributed by atoms with Crippen molar-refractivity contribution in [3.8, 4) is 17.2 Å². The molecule has 1 atom stereocenters. The minimum Gasteiger partial charge on any atom is -0.496 e. The van der Waals surface area contributed by atoms with Crippen molar-refractivity contribution in [3.05, 3.63) is 53.6 Å². The molecule has 0 N–H and O–H groups in total. The number of alkyl halides is 1. The Morgan fingerprint density at radius 1 is 0.800 bits per heavy atom. The monoisotopic (exact) mass is 336 g/mol. The van der Waals surface area contributed by atoms with Gasteiger partial charge in [-0.05, 0) is 11.6 Å². The average molecular weight is 337 g/mol. The van der Waals surface area contributed by atoms with Crippen molar-refractivity contribution >= 4 is 15.9 Å². The maximum absolute atomic E-state index is 5.46. The summed E-state index contributed by atoms with van der Waals surface area (Å²) in [6.07, 6.45) is 0. The maximum atomic E-state index is 5.46. The molecule has 2 aromatic carbocycles. The number of hydrogen-bond donors (Lipinski definition) is 0. The highest BCUT2D eigenvalue weighted by Crippen LogP contribution is 2.42. The van der Waals surface area contributed by atoms with E-state index in [0.717, 1.165) is 16.9 Å². The molecule has 0 aromatic heterocycles. The molecular weight excluding hydrogens is 320 g/mol. The first-order valence-electron chi connectivity index (χ1n) is 6.20. The molecule has 0 aliphatic carbocycles. The predicted molar refractivity (Wildman–Crippen MR) is 83.3 cm³/mol. The Bertz CT molecular complexity index is 569. The molecule has 4 heteroatoms. The molecule has 0 fully saturated rings. The van der Waals surface area contributed by atoms with Gasteiger partial charge in [-0.2, -0.15) is 0 Å². The number of benzene rings is 2. The van der Waals surface area contributed by atoms with Gasteiger partial charge in [0.2, 0.25) is 0 Å². The maximum Gasteiger partial charge on any atom is 0.164 e. The normalized spacial score (nSPS) is 11.8. The van der Waals surface area contributed by atoms with Crippen LogP contribution in [0.4, 0.5) is 0 Å². The van der Waals surface area contributed by atoms with Crippen molar-refractivity contribution in [2.45, 2.75) is 4.83 Å². The highest BCUT2D eigenvalue weighted by Gasteiger charge is 2.19. The van der Waals surface area contributed by atoms with Crippen LogP contribution >= 0.6 is 15.9 Å². The number of halogens is 1. The van der Waals surface area contributed by atoms with Crippen molar-refractivity contribution in [3.63, 3.8) is 0 Å². The van der Waals surface area contributed by atoms with Crippen molar-refractivity contribution in [1.82, 2.24) is 0 Å². The molecule has 3 nitrogen and oxygen atoms in total. The van der Waals surface area contributed by atoms with Crippen LogP contribution in [0.15, 0.2) is 42.5 Å². The van der Waals surface area contributed by atoms with Crippen LogP contribution in [0.3, 0.4) is 0 Å². The fraction of sp³-hybridized carbons (Fsp3) is 0.250. The Morgan fingerprint density at radius 3 is 1.90 bits per heavy atom. The molecule has 2 aromatic rings. The molecule has 106 valence electrons. The third-order valence-electron chi connectivity index (χ3n) is 3.10. The second-order valence-corrected chi connectivity index (χ2v) is 5.14. The van der Waals surface area contributed by atoms with E-state index in [9.17, 15) is 0 Å². The van der Waals surface area contributed by atoms with E-state index in [1.807, 2.05) is 30.3 Å². The lowest BCUT2D eigenvalue weighted by atomic mass is 10.0. The van der Waals surface area contributed by atoms with Crippen LogP contribution in [-0.2, 0) is 0 Å². The lowest BCUT2D eigenvalue weighted by molar-refractivity contribution is 0.347. The van der Waals surface area contributed by atoms with Gasteiger partial charge in [0.15, 0.2) is 11.5 Å². The minimum atomic E-state index is 0.0263. The Hall–Kier alpha value is -1.68. The first kappa shape index (κ1) is 14.7. The Morgan fingerprint density at radius 2 is 1.35 bits per heavy atom. The van der Waals surface area contributed by atoms with E-state index < -0.39 is 0 Å². The molecule has 20 heavy (non-hydrogen) atoms. The number of hydrogen-bond acceptors (Lipinski definition) is 3. The summed E-state index contributed by atoms with van der Waals surface area (Å²) in [5.41, 5.74) is 2.15. The molecule has 0 aliphatic rings. The van der Waals surface area contributed by atoms with Gasteiger partial charge in [0.1, 0.15) is 5.75 Å². The van der Waals surface area contributed by atoms with E-state index >= 15 is 0 Å². The summed E-state index contributed by atoms with van der Waals surface area (Å²) in [6, 6.07) is 13.9. The van der Waals surface area contributed by atoms with Crippen molar-refractivity contribution in [2.24, 2.45) is 0 Å². The van der Waals surface area contributed by atoms with Crippen molar-refractivity contribution < 1.29 is 14.2 Å². The van der Waals surface area contributed by atoms with Gasteiger partial charge >= 0.3 is 0 Å². The third kappa shape index (κ3) is 2.90. The molecule has 0 saturated carbocycles. The molecule has 0 heterocycles. The summed E-state index contributed by atoms with van der Waals surface area (Å²) in [5, 5.41) is 0. The summed E-state index contributed by atoms with van der Waals surface area (Å²) >= 11 is 3.72. The number of ether oxygens (including phenoxy) is 3. The first-order chi connectivity index (χ1) is 9.71. The Kier molecular flexibility index (Phi) is 4.90. The zero-order chi connectivity index (χ0) is 14.5. The van der Waals surface area contributed by atoms with E-state index in [1.165, 1.54) is 0 Å². The molecule has 0 saturated heterocycles. The SMILES string of the molecule is COc1cc(OC)c(C(Br)c2ccccc2)cc1OC. The van der Waals surface area contributed by atoms with E-state index in [-0.39, 0.29) is 4.83 Å². The van der Waals surface area contributed by atoms with Gasteiger partial charge in [-0.25, -0.2) is 0 Å². The van der Waals surface area contributed by atoms with Crippen LogP contribution in [0, 0.1) is 0 Å². The van der Waals surface area contributed by atoms with Crippen molar-refractivity contribution in [2.75, 3.05) is 21.3 Å². The van der Waals surface area contributed by atoms with Crippen LogP contribution in [-0.4, -0.2) is 21.3 Å². The van der Waals surface area contributed by atoms with Gasteiger partial charge in [-0.1, -0.05) is 46.3 Å². The summed E-state index contributed by atoms with van der Waals surface area (Å²) in [6.45, 7) is 0. The fourth-order valence-electron chi connectivity index (χ4n) is 2.05. The molecule has 0 spiro atoms. The van der Waals surface area contributed by atoms with E-state index in [0.29, 0.717) is 11.5 Å². The van der Waals surface area contributed by atoms with E-state index in [1.54, 1.807) is 21.3 Å². The summed E-state index contributed by atoms with van der Waals surface area (Å²) in [5.74, 6) is 2.10. The molecule has 1 unspecified atom stereocenters. The van der Waals surface area contributed by atoms with Crippen molar-refractivity contribution in [1.29, 1.82) is 0 Å². The van der Waals surface area contributed by atoms with Gasteiger partial charge in [0.25, 0.3) is 0 Å². The Balaban J connectivity index is 2.49. The number of methoxy groups -OCH3 is 3. The quantitative estimate of drug-likeness (QED) is 0.766. The highest BCUT2D eigenvalue weighted by molar-refractivity contribution is 9.09. The summed E-state index contributed by atoms with van der Waals surface area (Å²) in [4.78, 5) is 0.0263. The lowest BCUT2D eigenvalue weighted by Crippen LogP contribution is -2.00. The van der Waals surface area contributed by atoms with Gasteiger partial charge in [0.05, 0.1) is 26.2 Å². The molecule has 2 rings (SSSR count). The van der Waals surface area contributed by atoms with Crippen LogP contribution in [0.25, 0.3) is 0 Å². The van der Waals surface area contributed by atoms with E-state index in [2.05, 4.69) is 28.1 Å². The topological polar surface area (TPSA) is 27.7 Å². The van der Waals surface area contributed by atoms with Gasteiger partial charge in [-0.15, -0.1) is 0 Å². The molecular formula is C16H17BrO3. The average Bonchev–Trinajstić information content (AvgIpc) is 2.53. The lowest BCUT2D eigenvalue weighted by Gasteiger charge is -2.18. The smallest absolute Gasteiger partial charge is 0.164 e. The van der Waals surface area contributed by atoms with Crippen LogP contribution in [0.5, 0.6) is 17.2 Å². The first-order valence-corrected chi connectivity index (χ1v) is 7.11. The molecule has 0 aliphatic heterocycles. The predicted octanol–water partition coefficient (Wildman–Crippen LogP) is 4.20. The summed E-state index contributed by atoms with van der Waals surface area (Å²) in [7, 11) is 4.88. The number of rotatable bonds is 5. The van der Waals surface area contributed by atoms with Gasteiger partial charge < -0.3 is 14.2 Å². The largest absolute Gasteiger partial charge is 0.496 e. The Labute approximate surface area is 127 Å². The second-order valence-electron chi connectivity index (χ2n) is 4.22. The zero-order valence-electron chi connectivity index (χ0n) is 11.7. The summed E-state index contributed by atoms with van der Waals surface area (Å²) < 4.78 is 16.1. The van der Waals surface area contributed by atoms with E-state index in [4.69, 9.17) is 14.2 Å². The van der Waals surface area contributed by atoms with Crippen LogP contribution < -0.4 is 14.2 Å². The highest BCUT2D eigenvalue weighted by atomic mass is 79.9. The van der Waals surface area contributed by atoms with Crippen LogP contribution in [0.2, 0.25) is 0 Å². The van der Waals surface area contributed by atoms with Gasteiger partial charge in [0, 0.05) is 11.6 Å². The standard InChI is InChI=1S/C16H17BrO3/c1-18-13-10-15(20-3)14(19-2)9-12(13)16(17)11-7-5-4-6-8-11/h4-10,16H,1-3H3. The second kappa shape index (κ2) is 6.66.